The first-order chi connectivity index (χ1) is 10.1. The second-order valence-corrected chi connectivity index (χ2v) is 4.75. The molecule has 2 aromatic carbocycles. The van der Waals surface area contributed by atoms with Crippen LogP contribution >= 0.6 is 0 Å². The number of halogens is 1. The number of fused-ring (bicyclic) bond motifs is 1. The first kappa shape index (κ1) is 13.2. The Bertz CT molecular complexity index is 821. The number of rotatable bonds is 2. The van der Waals surface area contributed by atoms with Crippen molar-refractivity contribution in [3.05, 3.63) is 53.3 Å². The Balaban J connectivity index is 2.00. The van der Waals surface area contributed by atoms with Crippen LogP contribution in [-0.4, -0.2) is 20.9 Å². The number of hydrogen-bond donors (Lipinski definition) is 1. The average Bonchev–Trinajstić information content (AvgIpc) is 2.80. The maximum Gasteiger partial charge on any atom is 0.258 e. The van der Waals surface area contributed by atoms with Crippen molar-refractivity contribution in [1.82, 2.24) is 15.0 Å². The van der Waals surface area contributed by atoms with Crippen LogP contribution < -0.4 is 5.32 Å². The Morgan fingerprint density at radius 2 is 1.95 bits per heavy atom. The van der Waals surface area contributed by atoms with Crippen molar-refractivity contribution in [3.63, 3.8) is 0 Å². The van der Waals surface area contributed by atoms with E-state index < -0.39 is 11.7 Å². The van der Waals surface area contributed by atoms with Crippen LogP contribution in [0.3, 0.4) is 0 Å². The molecule has 0 fully saturated rings. The van der Waals surface area contributed by atoms with Crippen molar-refractivity contribution < 1.29 is 9.18 Å². The third-order valence-corrected chi connectivity index (χ3v) is 3.21. The minimum atomic E-state index is -0.543. The molecular weight excluding hydrogens is 271 g/mol. The van der Waals surface area contributed by atoms with Crippen molar-refractivity contribution in [2.45, 2.75) is 6.92 Å². The largest absolute Gasteiger partial charge is 0.320 e. The van der Waals surface area contributed by atoms with E-state index in [0.29, 0.717) is 22.3 Å². The fourth-order valence-corrected chi connectivity index (χ4v) is 2.25. The molecule has 6 heteroatoms. The van der Waals surface area contributed by atoms with Gasteiger partial charge in [0.2, 0.25) is 0 Å². The molecule has 21 heavy (non-hydrogen) atoms. The van der Waals surface area contributed by atoms with Crippen LogP contribution in [0.15, 0.2) is 36.4 Å². The van der Waals surface area contributed by atoms with Crippen molar-refractivity contribution in [2.24, 2.45) is 7.05 Å². The molecule has 0 spiro atoms. The number of hydrogen-bond acceptors (Lipinski definition) is 3. The summed E-state index contributed by atoms with van der Waals surface area (Å²) in [6, 6.07) is 9.81. The van der Waals surface area contributed by atoms with Gasteiger partial charge in [-0.05, 0) is 30.7 Å². The number of aromatic nitrogens is 3. The first-order valence-corrected chi connectivity index (χ1v) is 6.43. The van der Waals surface area contributed by atoms with E-state index in [9.17, 15) is 9.18 Å². The van der Waals surface area contributed by atoms with Crippen molar-refractivity contribution in [1.29, 1.82) is 0 Å². The minimum Gasteiger partial charge on any atom is -0.320 e. The number of benzene rings is 2. The van der Waals surface area contributed by atoms with E-state index >= 15 is 0 Å². The van der Waals surface area contributed by atoms with Gasteiger partial charge in [0.15, 0.2) is 0 Å². The van der Waals surface area contributed by atoms with Gasteiger partial charge in [0.25, 0.3) is 5.91 Å². The van der Waals surface area contributed by atoms with E-state index in [-0.39, 0.29) is 5.56 Å². The second-order valence-electron chi connectivity index (χ2n) is 4.75. The summed E-state index contributed by atoms with van der Waals surface area (Å²) < 4.78 is 13.8. The quantitative estimate of drug-likeness (QED) is 0.787. The third-order valence-electron chi connectivity index (χ3n) is 3.21. The van der Waals surface area contributed by atoms with E-state index in [1.54, 1.807) is 44.3 Å². The number of carbonyl (C=O) groups excluding carboxylic acids is 1. The van der Waals surface area contributed by atoms with Crippen LogP contribution in [0.1, 0.15) is 15.9 Å². The summed E-state index contributed by atoms with van der Waals surface area (Å²) in [5.74, 6) is -1.04. The van der Waals surface area contributed by atoms with Gasteiger partial charge in [0.1, 0.15) is 16.9 Å². The van der Waals surface area contributed by atoms with Gasteiger partial charge in [-0.3, -0.25) is 4.79 Å². The molecule has 0 aliphatic heterocycles. The summed E-state index contributed by atoms with van der Waals surface area (Å²) >= 11 is 0. The van der Waals surface area contributed by atoms with E-state index in [2.05, 4.69) is 15.5 Å². The minimum absolute atomic E-state index is 0.0402. The molecule has 0 bridgehead atoms. The molecule has 0 unspecified atom stereocenters. The maximum atomic E-state index is 13.8. The van der Waals surface area contributed by atoms with Crippen LogP contribution in [0.5, 0.6) is 0 Å². The summed E-state index contributed by atoms with van der Waals surface area (Å²) in [5, 5.41) is 11.1. The van der Waals surface area contributed by atoms with Gasteiger partial charge in [0.05, 0.1) is 11.3 Å². The zero-order chi connectivity index (χ0) is 15.0. The second kappa shape index (κ2) is 4.97. The standard InChI is InChI=1S/C15H13FN4O/c1-9-5-3-6-10(16)13(9)15(21)17-11-7-4-8-12-14(11)19-20(2)18-12/h3-8H,1-2H3,(H,17,21). The van der Waals surface area contributed by atoms with E-state index in [4.69, 9.17) is 0 Å². The fourth-order valence-electron chi connectivity index (χ4n) is 2.25. The fraction of sp³-hybridized carbons (Fsp3) is 0.133. The van der Waals surface area contributed by atoms with E-state index in [1.807, 2.05) is 0 Å². The van der Waals surface area contributed by atoms with E-state index in [0.717, 1.165) is 0 Å². The maximum absolute atomic E-state index is 13.8. The molecule has 1 aromatic heterocycles. The molecule has 3 rings (SSSR count). The number of nitrogens with zero attached hydrogens (tertiary/aromatic N) is 3. The topological polar surface area (TPSA) is 59.8 Å². The van der Waals surface area contributed by atoms with Gasteiger partial charge < -0.3 is 5.32 Å². The van der Waals surface area contributed by atoms with Crippen molar-refractivity contribution >= 4 is 22.6 Å². The number of nitrogens with one attached hydrogen (secondary N) is 1. The molecule has 0 atom stereocenters. The summed E-state index contributed by atoms with van der Waals surface area (Å²) in [6.07, 6.45) is 0. The molecule has 0 aliphatic rings. The molecule has 106 valence electrons. The number of aryl methyl sites for hydroxylation is 2. The van der Waals surface area contributed by atoms with Crippen LogP contribution in [0.25, 0.3) is 11.0 Å². The SMILES string of the molecule is Cc1cccc(F)c1C(=O)Nc1cccc2nn(C)nc12. The Kier molecular flexibility index (Phi) is 3.13. The summed E-state index contributed by atoms with van der Waals surface area (Å²) in [6.45, 7) is 1.70. The normalized spacial score (nSPS) is 10.8. The Labute approximate surface area is 120 Å². The van der Waals surface area contributed by atoms with Gasteiger partial charge in [-0.25, -0.2) is 4.39 Å². The number of carbonyl (C=O) groups is 1. The Morgan fingerprint density at radius 1 is 1.19 bits per heavy atom. The molecule has 0 saturated carbocycles. The third kappa shape index (κ3) is 2.35. The highest BCUT2D eigenvalue weighted by molar-refractivity contribution is 6.08. The van der Waals surface area contributed by atoms with Gasteiger partial charge in [0, 0.05) is 7.05 Å². The smallest absolute Gasteiger partial charge is 0.258 e. The average molecular weight is 284 g/mol. The lowest BCUT2D eigenvalue weighted by molar-refractivity contribution is 0.102. The molecule has 1 amide bonds. The Morgan fingerprint density at radius 3 is 2.71 bits per heavy atom. The first-order valence-electron chi connectivity index (χ1n) is 6.43. The van der Waals surface area contributed by atoms with Gasteiger partial charge in [-0.2, -0.15) is 15.0 Å². The lowest BCUT2D eigenvalue weighted by atomic mass is 10.1. The monoisotopic (exact) mass is 284 g/mol. The van der Waals surface area contributed by atoms with Crippen LogP contribution in [0.4, 0.5) is 10.1 Å². The molecule has 0 saturated heterocycles. The van der Waals surface area contributed by atoms with Crippen LogP contribution in [-0.2, 0) is 7.05 Å². The molecular formula is C15H13FN4O. The van der Waals surface area contributed by atoms with Gasteiger partial charge in [-0.1, -0.05) is 18.2 Å². The number of amides is 1. The van der Waals surface area contributed by atoms with Gasteiger partial charge in [-0.15, -0.1) is 0 Å². The highest BCUT2D eigenvalue weighted by Crippen LogP contribution is 2.21. The lowest BCUT2D eigenvalue weighted by Crippen LogP contribution is -2.15. The number of anilines is 1. The zero-order valence-electron chi connectivity index (χ0n) is 11.6. The summed E-state index contributed by atoms with van der Waals surface area (Å²) in [5.41, 5.74) is 2.37. The molecule has 3 aromatic rings. The van der Waals surface area contributed by atoms with E-state index in [1.165, 1.54) is 10.9 Å². The van der Waals surface area contributed by atoms with Crippen molar-refractivity contribution in [2.75, 3.05) is 5.32 Å². The molecule has 1 heterocycles. The highest BCUT2D eigenvalue weighted by atomic mass is 19.1. The molecule has 0 aliphatic carbocycles. The predicted octanol–water partition coefficient (Wildman–Crippen LogP) is 2.67. The molecule has 0 radical (unpaired) electrons. The van der Waals surface area contributed by atoms with Crippen molar-refractivity contribution in [3.8, 4) is 0 Å². The molecule has 1 N–H and O–H groups in total. The highest BCUT2D eigenvalue weighted by Gasteiger charge is 2.16. The van der Waals surface area contributed by atoms with Crippen LogP contribution in [0, 0.1) is 12.7 Å². The summed E-state index contributed by atoms with van der Waals surface area (Å²) in [7, 11) is 1.70. The van der Waals surface area contributed by atoms with Gasteiger partial charge >= 0.3 is 0 Å². The van der Waals surface area contributed by atoms with Crippen LogP contribution in [0.2, 0.25) is 0 Å². The zero-order valence-corrected chi connectivity index (χ0v) is 11.6. The molecule has 5 nitrogen and oxygen atoms in total. The lowest BCUT2D eigenvalue weighted by Gasteiger charge is -2.08. The Hall–Kier alpha value is -2.76. The summed E-state index contributed by atoms with van der Waals surface area (Å²) in [4.78, 5) is 13.7. The predicted molar refractivity (Wildman–Crippen MR) is 77.6 cm³/mol.